The van der Waals surface area contributed by atoms with Gasteiger partial charge in [-0.3, -0.25) is 9.78 Å². The Labute approximate surface area is 163 Å². The zero-order chi connectivity index (χ0) is 19.6. The van der Waals surface area contributed by atoms with E-state index in [4.69, 9.17) is 14.5 Å². The molecule has 6 nitrogen and oxygen atoms in total. The number of amides is 1. The number of hydrogen-bond donors (Lipinski definition) is 0. The van der Waals surface area contributed by atoms with Crippen molar-refractivity contribution < 1.29 is 19.1 Å². The smallest absolute Gasteiger partial charge is 0.338 e. The molecule has 1 amide bonds. The molecule has 5 unspecified atom stereocenters. The number of aromatic nitrogens is 1. The SMILES string of the molecule is CCC1(OC)C(=O)OCC2C(=O)N3Cc4cc5ccccc5nc4C3C(C)C21. The van der Waals surface area contributed by atoms with E-state index in [-0.39, 0.29) is 42.3 Å². The van der Waals surface area contributed by atoms with Gasteiger partial charge >= 0.3 is 5.97 Å². The molecule has 6 heteroatoms. The van der Waals surface area contributed by atoms with Crippen LogP contribution in [0, 0.1) is 17.8 Å². The number of fused-ring (bicyclic) bond motifs is 5. The third-order valence-corrected chi connectivity index (χ3v) is 7.06. The monoisotopic (exact) mass is 380 g/mol. The quantitative estimate of drug-likeness (QED) is 0.750. The van der Waals surface area contributed by atoms with Crippen molar-refractivity contribution in [2.45, 2.75) is 38.5 Å². The normalized spacial score (nSPS) is 34.0. The van der Waals surface area contributed by atoms with Gasteiger partial charge in [0.05, 0.1) is 23.2 Å². The van der Waals surface area contributed by atoms with Crippen LogP contribution in [0.4, 0.5) is 0 Å². The number of benzene rings is 1. The number of nitrogens with zero attached hydrogens (tertiary/aromatic N) is 2. The van der Waals surface area contributed by atoms with Gasteiger partial charge in [0.15, 0.2) is 5.60 Å². The maximum Gasteiger partial charge on any atom is 0.338 e. The summed E-state index contributed by atoms with van der Waals surface area (Å²) < 4.78 is 11.2. The van der Waals surface area contributed by atoms with Gasteiger partial charge in [-0.1, -0.05) is 32.0 Å². The summed E-state index contributed by atoms with van der Waals surface area (Å²) in [6.45, 7) is 4.73. The fourth-order valence-corrected chi connectivity index (χ4v) is 5.76. The summed E-state index contributed by atoms with van der Waals surface area (Å²) in [4.78, 5) is 33.0. The molecule has 0 N–H and O–H groups in total. The van der Waals surface area contributed by atoms with Gasteiger partial charge in [0.25, 0.3) is 0 Å². The van der Waals surface area contributed by atoms with Crippen LogP contribution in [0.5, 0.6) is 0 Å². The standard InChI is InChI=1S/C22H24N2O4/c1-4-22(27-3)17-12(2)19-18-14(9-13-7-5-6-8-16(13)23-18)10-24(19)20(25)15(17)11-28-21(22)26/h5-9,12,15,17,19H,4,10-11H2,1-3H3. The fraction of sp³-hybridized carbons (Fsp3) is 0.500. The molecule has 1 aromatic heterocycles. The first-order valence-corrected chi connectivity index (χ1v) is 9.93. The minimum absolute atomic E-state index is 0.0327. The van der Waals surface area contributed by atoms with E-state index in [2.05, 4.69) is 13.0 Å². The lowest BCUT2D eigenvalue weighted by molar-refractivity contribution is -0.215. The Bertz CT molecular complexity index is 984. The van der Waals surface area contributed by atoms with Crippen LogP contribution in [0.25, 0.3) is 10.9 Å². The van der Waals surface area contributed by atoms with Gasteiger partial charge in [-0.2, -0.15) is 0 Å². The molecule has 0 spiro atoms. The second kappa shape index (κ2) is 6.01. The van der Waals surface area contributed by atoms with Crippen LogP contribution >= 0.6 is 0 Å². The highest BCUT2D eigenvalue weighted by atomic mass is 16.6. The summed E-state index contributed by atoms with van der Waals surface area (Å²) in [5, 5.41) is 1.08. The van der Waals surface area contributed by atoms with Crippen molar-refractivity contribution in [3.8, 4) is 0 Å². The van der Waals surface area contributed by atoms with E-state index in [1.54, 1.807) is 7.11 Å². The van der Waals surface area contributed by atoms with Crippen molar-refractivity contribution in [3.63, 3.8) is 0 Å². The number of rotatable bonds is 2. The molecule has 28 heavy (non-hydrogen) atoms. The number of carbonyl (C=O) groups is 2. The molecule has 146 valence electrons. The lowest BCUT2D eigenvalue weighted by atomic mass is 9.63. The summed E-state index contributed by atoms with van der Waals surface area (Å²) in [7, 11) is 1.55. The van der Waals surface area contributed by atoms with Crippen LogP contribution in [0.15, 0.2) is 30.3 Å². The molecular weight excluding hydrogens is 356 g/mol. The molecule has 5 rings (SSSR count). The van der Waals surface area contributed by atoms with Crippen molar-refractivity contribution in [2.75, 3.05) is 13.7 Å². The highest BCUT2D eigenvalue weighted by Crippen LogP contribution is 2.54. The molecule has 2 saturated heterocycles. The lowest BCUT2D eigenvalue weighted by Crippen LogP contribution is -2.64. The van der Waals surface area contributed by atoms with Gasteiger partial charge in [0.1, 0.15) is 6.61 Å². The van der Waals surface area contributed by atoms with Gasteiger partial charge in [-0.15, -0.1) is 0 Å². The summed E-state index contributed by atoms with van der Waals surface area (Å²) in [5.41, 5.74) is 1.90. The van der Waals surface area contributed by atoms with Crippen LogP contribution in [0.2, 0.25) is 0 Å². The van der Waals surface area contributed by atoms with E-state index in [0.29, 0.717) is 13.0 Å². The van der Waals surface area contributed by atoms with Gasteiger partial charge < -0.3 is 14.4 Å². The van der Waals surface area contributed by atoms with Gasteiger partial charge in [0, 0.05) is 25.0 Å². The molecule has 3 aliphatic rings. The van der Waals surface area contributed by atoms with Crippen molar-refractivity contribution >= 4 is 22.8 Å². The maximum atomic E-state index is 13.4. The number of cyclic esters (lactones) is 1. The molecule has 0 saturated carbocycles. The minimum atomic E-state index is -1.08. The number of hydrogen-bond acceptors (Lipinski definition) is 5. The van der Waals surface area contributed by atoms with Crippen molar-refractivity contribution in [2.24, 2.45) is 17.8 Å². The highest BCUT2D eigenvalue weighted by molar-refractivity contribution is 5.88. The minimum Gasteiger partial charge on any atom is -0.463 e. The Morgan fingerprint density at radius 2 is 2.11 bits per heavy atom. The Morgan fingerprint density at radius 1 is 1.32 bits per heavy atom. The van der Waals surface area contributed by atoms with E-state index in [0.717, 1.165) is 22.2 Å². The molecule has 2 aromatic rings. The number of esters is 1. The molecular formula is C22H24N2O4. The summed E-state index contributed by atoms with van der Waals surface area (Å²) in [5.74, 6) is -0.872. The molecule has 0 radical (unpaired) electrons. The van der Waals surface area contributed by atoms with Crippen molar-refractivity contribution in [3.05, 3.63) is 41.6 Å². The predicted molar refractivity (Wildman–Crippen MR) is 102 cm³/mol. The number of para-hydroxylation sites is 1. The first-order valence-electron chi connectivity index (χ1n) is 9.93. The average Bonchev–Trinajstić information content (AvgIpc) is 3.09. The van der Waals surface area contributed by atoms with Crippen LogP contribution in [0.3, 0.4) is 0 Å². The Hall–Kier alpha value is -2.47. The van der Waals surface area contributed by atoms with Gasteiger partial charge in [-0.25, -0.2) is 4.79 Å². The van der Waals surface area contributed by atoms with Gasteiger partial charge in [0.2, 0.25) is 5.91 Å². The molecule has 0 aliphatic carbocycles. The molecule has 3 aliphatic heterocycles. The third-order valence-electron chi connectivity index (χ3n) is 7.06. The largest absolute Gasteiger partial charge is 0.463 e. The molecule has 4 heterocycles. The number of methoxy groups -OCH3 is 1. The molecule has 5 atom stereocenters. The first kappa shape index (κ1) is 17.6. The second-order valence-corrected chi connectivity index (χ2v) is 8.17. The first-order chi connectivity index (χ1) is 13.5. The lowest BCUT2D eigenvalue weighted by Gasteiger charge is -2.53. The summed E-state index contributed by atoms with van der Waals surface area (Å²) in [6, 6.07) is 10.0. The Balaban J connectivity index is 1.65. The van der Waals surface area contributed by atoms with Crippen LogP contribution in [-0.4, -0.2) is 41.1 Å². The van der Waals surface area contributed by atoms with Crippen molar-refractivity contribution in [1.82, 2.24) is 9.88 Å². The third kappa shape index (κ3) is 2.09. The van der Waals surface area contributed by atoms with Crippen LogP contribution in [0.1, 0.15) is 37.6 Å². The van der Waals surface area contributed by atoms with E-state index < -0.39 is 5.60 Å². The highest BCUT2D eigenvalue weighted by Gasteiger charge is 2.63. The fourth-order valence-electron chi connectivity index (χ4n) is 5.76. The number of pyridine rings is 1. The van der Waals surface area contributed by atoms with E-state index in [1.807, 2.05) is 36.1 Å². The molecule has 1 aromatic carbocycles. The van der Waals surface area contributed by atoms with E-state index >= 15 is 0 Å². The second-order valence-electron chi connectivity index (χ2n) is 8.17. The molecule has 2 fully saturated rings. The van der Waals surface area contributed by atoms with Gasteiger partial charge in [-0.05, 0) is 30.0 Å². The Kier molecular flexibility index (Phi) is 3.78. The van der Waals surface area contributed by atoms with E-state index in [1.165, 1.54) is 0 Å². The number of carbonyl (C=O) groups excluding carboxylic acids is 2. The number of piperidine rings is 1. The van der Waals surface area contributed by atoms with E-state index in [9.17, 15) is 9.59 Å². The van der Waals surface area contributed by atoms with Crippen LogP contribution < -0.4 is 0 Å². The zero-order valence-corrected chi connectivity index (χ0v) is 16.3. The summed E-state index contributed by atoms with van der Waals surface area (Å²) in [6.07, 6.45) is 0.478. The zero-order valence-electron chi connectivity index (χ0n) is 16.3. The van der Waals surface area contributed by atoms with Crippen LogP contribution in [-0.2, 0) is 25.6 Å². The average molecular weight is 380 g/mol. The maximum absolute atomic E-state index is 13.4. The molecule has 0 bridgehead atoms. The topological polar surface area (TPSA) is 68.7 Å². The van der Waals surface area contributed by atoms with Crippen molar-refractivity contribution in [1.29, 1.82) is 0 Å². The number of ether oxygens (including phenoxy) is 2. The summed E-state index contributed by atoms with van der Waals surface area (Å²) >= 11 is 0. The predicted octanol–water partition coefficient (Wildman–Crippen LogP) is 2.85. The Morgan fingerprint density at radius 3 is 2.86 bits per heavy atom.